The van der Waals surface area contributed by atoms with E-state index in [2.05, 4.69) is 0 Å². The summed E-state index contributed by atoms with van der Waals surface area (Å²) in [6.45, 7) is 5.92. The summed E-state index contributed by atoms with van der Waals surface area (Å²) < 4.78 is 18.4. The van der Waals surface area contributed by atoms with E-state index < -0.39 is 12.0 Å². The largest absolute Gasteiger partial charge is 0.497 e. The molecule has 0 saturated carbocycles. The number of thiazole rings is 1. The Morgan fingerprint density at radius 2 is 1.95 bits per heavy atom. The molecule has 1 aliphatic heterocycles. The molecule has 2 heterocycles. The standard InChI is InChI=1S/C28H29ClN2O5S/c1-6-8-21-24(27(33)36-7-2)25(20-15-18(29)10-12-22(20)35-5)31-26(32)23(37-28(31)30-21)14-17-9-11-19(34-4)13-16(17)3/h9-15,25H,6-8H2,1-5H3/b23-14+/t25-/m1/s1. The lowest BCUT2D eigenvalue weighted by Crippen LogP contribution is -2.40. The summed E-state index contributed by atoms with van der Waals surface area (Å²) in [7, 11) is 3.16. The van der Waals surface area contributed by atoms with Gasteiger partial charge in [0, 0.05) is 10.6 Å². The minimum Gasteiger partial charge on any atom is -0.497 e. The summed E-state index contributed by atoms with van der Waals surface area (Å²) in [6.07, 6.45) is 3.16. The number of hydrogen-bond donors (Lipinski definition) is 0. The Bertz CT molecular complexity index is 1550. The predicted octanol–water partition coefficient (Wildman–Crippen LogP) is 4.56. The Morgan fingerprint density at radius 1 is 1.16 bits per heavy atom. The van der Waals surface area contributed by atoms with Gasteiger partial charge in [-0.05, 0) is 67.8 Å². The Labute approximate surface area is 224 Å². The van der Waals surface area contributed by atoms with E-state index in [1.54, 1.807) is 43.9 Å². The van der Waals surface area contributed by atoms with E-state index in [1.807, 2.05) is 38.1 Å². The average Bonchev–Trinajstić information content (AvgIpc) is 3.19. The van der Waals surface area contributed by atoms with Crippen molar-refractivity contribution < 1.29 is 19.0 Å². The van der Waals surface area contributed by atoms with Gasteiger partial charge in [-0.25, -0.2) is 9.79 Å². The fourth-order valence-corrected chi connectivity index (χ4v) is 5.60. The second-order valence-corrected chi connectivity index (χ2v) is 9.97. The van der Waals surface area contributed by atoms with Gasteiger partial charge in [0.05, 0.1) is 36.6 Å². The van der Waals surface area contributed by atoms with Crippen molar-refractivity contribution in [3.05, 3.63) is 89.1 Å². The van der Waals surface area contributed by atoms with Crippen molar-refractivity contribution in [1.29, 1.82) is 0 Å². The lowest BCUT2D eigenvalue weighted by molar-refractivity contribution is -0.139. The van der Waals surface area contributed by atoms with Crippen molar-refractivity contribution in [2.75, 3.05) is 20.8 Å². The van der Waals surface area contributed by atoms with Crippen molar-refractivity contribution in [3.8, 4) is 11.5 Å². The number of ether oxygens (including phenoxy) is 3. The van der Waals surface area contributed by atoms with E-state index >= 15 is 0 Å². The van der Waals surface area contributed by atoms with E-state index in [-0.39, 0.29) is 12.2 Å². The number of rotatable bonds is 8. The predicted molar refractivity (Wildman–Crippen MR) is 145 cm³/mol. The molecule has 0 aliphatic carbocycles. The Hall–Kier alpha value is -3.36. The molecule has 0 unspecified atom stereocenters. The first-order valence-electron chi connectivity index (χ1n) is 12.0. The first kappa shape index (κ1) is 26.7. The molecule has 0 spiro atoms. The van der Waals surface area contributed by atoms with Gasteiger partial charge in [-0.2, -0.15) is 0 Å². The van der Waals surface area contributed by atoms with E-state index in [0.29, 0.717) is 43.4 Å². The van der Waals surface area contributed by atoms with Gasteiger partial charge in [-0.3, -0.25) is 9.36 Å². The van der Waals surface area contributed by atoms with E-state index in [9.17, 15) is 9.59 Å². The van der Waals surface area contributed by atoms with Crippen LogP contribution in [-0.4, -0.2) is 31.4 Å². The van der Waals surface area contributed by atoms with Crippen LogP contribution in [0.4, 0.5) is 0 Å². The van der Waals surface area contributed by atoms with Gasteiger partial charge in [0.15, 0.2) is 4.80 Å². The topological polar surface area (TPSA) is 79.1 Å². The fraction of sp³-hybridized carbons (Fsp3) is 0.321. The zero-order valence-corrected chi connectivity index (χ0v) is 23.0. The van der Waals surface area contributed by atoms with Crippen LogP contribution in [0.2, 0.25) is 5.02 Å². The third kappa shape index (κ3) is 5.22. The number of benzene rings is 2. The molecule has 0 bridgehead atoms. The van der Waals surface area contributed by atoms with Crippen LogP contribution < -0.4 is 24.4 Å². The molecule has 0 saturated heterocycles. The monoisotopic (exact) mass is 540 g/mol. The number of esters is 1. The number of fused-ring (bicyclic) bond motifs is 1. The molecule has 4 rings (SSSR count). The average molecular weight is 541 g/mol. The highest BCUT2D eigenvalue weighted by Crippen LogP contribution is 2.38. The van der Waals surface area contributed by atoms with E-state index in [0.717, 1.165) is 23.3 Å². The van der Waals surface area contributed by atoms with Gasteiger partial charge >= 0.3 is 5.97 Å². The zero-order chi connectivity index (χ0) is 26.7. The molecule has 0 radical (unpaired) electrons. The number of hydrogen-bond acceptors (Lipinski definition) is 7. The SMILES string of the molecule is CCCC1=C(C(=O)OCC)[C@@H](c2cc(Cl)ccc2OC)n2c(s/c(=C/c3ccc(OC)cc3C)c2=O)=N1. The number of halogens is 1. The Morgan fingerprint density at radius 3 is 2.59 bits per heavy atom. The molecule has 9 heteroatoms. The molecule has 1 atom stereocenters. The third-order valence-corrected chi connectivity index (χ3v) is 7.36. The van der Waals surface area contributed by atoms with Gasteiger partial charge in [0.2, 0.25) is 0 Å². The Balaban J connectivity index is 2.04. The number of methoxy groups -OCH3 is 2. The van der Waals surface area contributed by atoms with Crippen LogP contribution in [-0.2, 0) is 9.53 Å². The van der Waals surface area contributed by atoms with Crippen LogP contribution in [0.1, 0.15) is 49.4 Å². The van der Waals surface area contributed by atoms with Crippen molar-refractivity contribution in [3.63, 3.8) is 0 Å². The molecule has 1 aromatic heterocycles. The summed E-state index contributed by atoms with van der Waals surface area (Å²) in [5.41, 5.74) is 3.11. The second kappa shape index (κ2) is 11.4. The second-order valence-electron chi connectivity index (χ2n) is 8.52. The van der Waals surface area contributed by atoms with Crippen LogP contribution in [0.25, 0.3) is 6.08 Å². The summed E-state index contributed by atoms with van der Waals surface area (Å²) in [5, 5.41) is 0.462. The van der Waals surface area contributed by atoms with Crippen LogP contribution in [0, 0.1) is 6.92 Å². The third-order valence-electron chi connectivity index (χ3n) is 6.14. The summed E-state index contributed by atoms with van der Waals surface area (Å²) in [5.74, 6) is 0.740. The van der Waals surface area contributed by atoms with Gasteiger partial charge < -0.3 is 14.2 Å². The summed E-state index contributed by atoms with van der Waals surface area (Å²) >= 11 is 7.67. The van der Waals surface area contributed by atoms with Crippen molar-refractivity contribution >= 4 is 35.0 Å². The van der Waals surface area contributed by atoms with Gasteiger partial charge in [0.1, 0.15) is 17.5 Å². The van der Waals surface area contributed by atoms with Crippen LogP contribution in [0.15, 0.2) is 57.5 Å². The molecule has 0 amide bonds. The lowest BCUT2D eigenvalue weighted by atomic mass is 9.93. The lowest BCUT2D eigenvalue weighted by Gasteiger charge is -2.27. The number of aromatic nitrogens is 1. The quantitative estimate of drug-likeness (QED) is 0.391. The molecule has 0 N–H and O–H groups in total. The van der Waals surface area contributed by atoms with Gasteiger partial charge in [0.25, 0.3) is 5.56 Å². The maximum atomic E-state index is 13.9. The number of allylic oxidation sites excluding steroid dienone is 1. The molecule has 1 aliphatic rings. The molecule has 37 heavy (non-hydrogen) atoms. The molecule has 194 valence electrons. The van der Waals surface area contributed by atoms with Crippen LogP contribution in [0.5, 0.6) is 11.5 Å². The minimum absolute atomic E-state index is 0.197. The Kier molecular flexibility index (Phi) is 8.19. The van der Waals surface area contributed by atoms with Crippen molar-refractivity contribution in [1.82, 2.24) is 4.57 Å². The highest BCUT2D eigenvalue weighted by atomic mass is 35.5. The van der Waals surface area contributed by atoms with Crippen molar-refractivity contribution in [2.45, 2.75) is 39.7 Å². The maximum absolute atomic E-state index is 13.9. The first-order valence-corrected chi connectivity index (χ1v) is 13.2. The summed E-state index contributed by atoms with van der Waals surface area (Å²) in [6, 6.07) is 10.1. The van der Waals surface area contributed by atoms with Crippen LogP contribution in [0.3, 0.4) is 0 Å². The fourth-order valence-electron chi connectivity index (χ4n) is 4.41. The molecular weight excluding hydrogens is 512 g/mol. The van der Waals surface area contributed by atoms with Crippen molar-refractivity contribution in [2.24, 2.45) is 4.99 Å². The molecule has 3 aromatic rings. The number of aryl methyl sites for hydroxylation is 1. The molecule has 2 aromatic carbocycles. The highest BCUT2D eigenvalue weighted by Gasteiger charge is 2.36. The number of carbonyl (C=O) groups excluding carboxylic acids is 1. The molecular formula is C28H29ClN2O5S. The maximum Gasteiger partial charge on any atom is 0.338 e. The van der Waals surface area contributed by atoms with E-state index in [1.165, 1.54) is 11.3 Å². The molecule has 7 nitrogen and oxygen atoms in total. The zero-order valence-electron chi connectivity index (χ0n) is 21.5. The molecule has 0 fully saturated rings. The number of nitrogens with zero attached hydrogens (tertiary/aromatic N) is 2. The van der Waals surface area contributed by atoms with Crippen LogP contribution >= 0.6 is 22.9 Å². The normalized spacial score (nSPS) is 15.3. The van der Waals surface area contributed by atoms with E-state index in [4.69, 9.17) is 30.8 Å². The minimum atomic E-state index is -0.801. The van der Waals surface area contributed by atoms with Gasteiger partial charge in [-0.1, -0.05) is 42.3 Å². The van der Waals surface area contributed by atoms with Gasteiger partial charge in [-0.15, -0.1) is 0 Å². The smallest absolute Gasteiger partial charge is 0.338 e. The highest BCUT2D eigenvalue weighted by molar-refractivity contribution is 7.07. The summed E-state index contributed by atoms with van der Waals surface area (Å²) in [4.78, 5) is 32.5. The number of carbonyl (C=O) groups is 1. The first-order chi connectivity index (χ1) is 17.8.